The Bertz CT molecular complexity index is 363. The fraction of sp³-hybridized carbons (Fsp3) is 0.0833. The molecule has 0 radical (unpaired) electrons. The molecule has 0 fully saturated rings. The Hall–Kier alpha value is -1.34. The molecule has 0 aromatic heterocycles. The van der Waals surface area contributed by atoms with Crippen LogP contribution in [0.4, 0.5) is 0 Å². The van der Waals surface area contributed by atoms with E-state index in [1.165, 1.54) is 0 Å². The fourth-order valence-electron chi connectivity index (χ4n) is 1.10. The minimum Gasteiger partial charge on any atom is -0.237 e. The third-order valence-electron chi connectivity index (χ3n) is 1.64. The second-order valence-corrected chi connectivity index (χ2v) is 3.18. The van der Waals surface area contributed by atoms with Gasteiger partial charge in [-0.15, -0.1) is 0 Å². The molecule has 14 heavy (non-hydrogen) atoms. The normalized spacial score (nSPS) is 12.0. The minimum absolute atomic E-state index is 0.293. The number of hydrogen-bond donors (Lipinski definition) is 0. The van der Waals surface area contributed by atoms with Crippen LogP contribution in [-0.2, 0) is 0 Å². The summed E-state index contributed by atoms with van der Waals surface area (Å²) in [5.74, 6) is 0. The van der Waals surface area contributed by atoms with Crippen molar-refractivity contribution in [2.45, 2.75) is 6.92 Å². The van der Waals surface area contributed by atoms with Crippen molar-refractivity contribution in [2.75, 3.05) is 0 Å². The SMILES string of the molecule is C=C(Cl)/N=C(\C=C/C)c1ccccc1. The average molecular weight is 206 g/mol. The van der Waals surface area contributed by atoms with Gasteiger partial charge in [0.05, 0.1) is 5.71 Å². The third kappa shape index (κ3) is 3.19. The molecule has 0 saturated carbocycles. The fourth-order valence-corrected chi connectivity index (χ4v) is 1.19. The molecule has 1 aromatic carbocycles. The Morgan fingerprint density at radius 2 is 2.00 bits per heavy atom. The van der Waals surface area contributed by atoms with E-state index >= 15 is 0 Å². The Balaban J connectivity index is 3.07. The first-order valence-corrected chi connectivity index (χ1v) is 4.73. The number of aliphatic imine (C=N–C) groups is 1. The van der Waals surface area contributed by atoms with Crippen molar-refractivity contribution in [3.63, 3.8) is 0 Å². The van der Waals surface area contributed by atoms with E-state index in [0.717, 1.165) is 11.3 Å². The van der Waals surface area contributed by atoms with Gasteiger partial charge in [0.1, 0.15) is 5.16 Å². The molecule has 1 aromatic rings. The van der Waals surface area contributed by atoms with E-state index in [4.69, 9.17) is 11.6 Å². The van der Waals surface area contributed by atoms with Crippen LogP contribution in [0.15, 0.2) is 59.2 Å². The highest BCUT2D eigenvalue weighted by molar-refractivity contribution is 6.30. The zero-order valence-corrected chi connectivity index (χ0v) is 8.83. The van der Waals surface area contributed by atoms with E-state index in [2.05, 4.69) is 11.6 Å². The second kappa shape index (κ2) is 5.40. The van der Waals surface area contributed by atoms with E-state index in [1.807, 2.05) is 49.4 Å². The summed E-state index contributed by atoms with van der Waals surface area (Å²) >= 11 is 5.64. The molecule has 72 valence electrons. The summed E-state index contributed by atoms with van der Waals surface area (Å²) in [7, 11) is 0. The van der Waals surface area contributed by atoms with Gasteiger partial charge in [-0.25, -0.2) is 4.99 Å². The minimum atomic E-state index is 0.293. The van der Waals surface area contributed by atoms with Gasteiger partial charge in [0.25, 0.3) is 0 Å². The lowest BCUT2D eigenvalue weighted by atomic mass is 10.1. The molecular weight excluding hydrogens is 194 g/mol. The van der Waals surface area contributed by atoms with Crippen LogP contribution in [0.2, 0.25) is 0 Å². The first-order valence-electron chi connectivity index (χ1n) is 4.35. The summed E-state index contributed by atoms with van der Waals surface area (Å²) in [5.41, 5.74) is 1.86. The van der Waals surface area contributed by atoms with Gasteiger partial charge in [-0.1, -0.05) is 54.6 Å². The monoisotopic (exact) mass is 205 g/mol. The topological polar surface area (TPSA) is 12.4 Å². The standard InChI is InChI=1S/C12H12ClN/c1-3-7-12(14-10(2)13)11-8-5-4-6-9-11/h3-9H,2H2,1H3/b7-3-,14-12+. The number of hydrogen-bond acceptors (Lipinski definition) is 1. The molecule has 0 aliphatic carbocycles. The smallest absolute Gasteiger partial charge is 0.122 e. The number of halogens is 1. The molecule has 0 aliphatic rings. The van der Waals surface area contributed by atoms with Gasteiger partial charge in [0, 0.05) is 5.56 Å². The predicted molar refractivity (Wildman–Crippen MR) is 62.8 cm³/mol. The number of benzene rings is 1. The summed E-state index contributed by atoms with van der Waals surface area (Å²) < 4.78 is 0. The lowest BCUT2D eigenvalue weighted by molar-refractivity contribution is 1.50. The van der Waals surface area contributed by atoms with Gasteiger partial charge < -0.3 is 0 Å². The van der Waals surface area contributed by atoms with Crippen molar-refractivity contribution in [3.8, 4) is 0 Å². The number of rotatable bonds is 3. The van der Waals surface area contributed by atoms with Gasteiger partial charge >= 0.3 is 0 Å². The molecule has 1 nitrogen and oxygen atoms in total. The zero-order valence-electron chi connectivity index (χ0n) is 8.07. The zero-order chi connectivity index (χ0) is 10.4. The molecule has 0 atom stereocenters. The van der Waals surface area contributed by atoms with Crippen LogP contribution in [0.1, 0.15) is 12.5 Å². The number of allylic oxidation sites excluding steroid dienone is 2. The quantitative estimate of drug-likeness (QED) is 0.526. The van der Waals surface area contributed by atoms with Crippen LogP contribution in [0.3, 0.4) is 0 Å². The maximum atomic E-state index is 5.64. The van der Waals surface area contributed by atoms with Crippen LogP contribution >= 0.6 is 11.6 Å². The van der Waals surface area contributed by atoms with E-state index in [9.17, 15) is 0 Å². The molecule has 0 amide bonds. The number of nitrogens with zero attached hydrogens (tertiary/aromatic N) is 1. The molecule has 2 heteroatoms. The highest BCUT2D eigenvalue weighted by Gasteiger charge is 1.97. The highest BCUT2D eigenvalue weighted by atomic mass is 35.5. The molecule has 0 aliphatic heterocycles. The van der Waals surface area contributed by atoms with Crippen molar-refractivity contribution in [1.29, 1.82) is 0 Å². The van der Waals surface area contributed by atoms with Gasteiger partial charge in [0.15, 0.2) is 0 Å². The summed E-state index contributed by atoms with van der Waals surface area (Å²) in [5, 5.41) is 0.293. The van der Waals surface area contributed by atoms with Crippen LogP contribution in [0.25, 0.3) is 0 Å². The summed E-state index contributed by atoms with van der Waals surface area (Å²) in [4.78, 5) is 4.14. The second-order valence-electron chi connectivity index (χ2n) is 2.74. The molecule has 0 heterocycles. The Kier molecular flexibility index (Phi) is 4.14. The van der Waals surface area contributed by atoms with Crippen LogP contribution in [0.5, 0.6) is 0 Å². The molecule has 0 saturated heterocycles. The molecule has 0 unspecified atom stereocenters. The maximum absolute atomic E-state index is 5.64. The van der Waals surface area contributed by atoms with Crippen LogP contribution in [0, 0.1) is 0 Å². The predicted octanol–water partition coefficient (Wildman–Crippen LogP) is 3.76. The summed E-state index contributed by atoms with van der Waals surface area (Å²) in [6, 6.07) is 9.86. The van der Waals surface area contributed by atoms with Crippen molar-refractivity contribution in [3.05, 3.63) is 59.8 Å². The van der Waals surface area contributed by atoms with Crippen molar-refractivity contribution < 1.29 is 0 Å². The first kappa shape index (κ1) is 10.7. The van der Waals surface area contributed by atoms with E-state index < -0.39 is 0 Å². The van der Waals surface area contributed by atoms with Crippen molar-refractivity contribution >= 4 is 17.3 Å². The van der Waals surface area contributed by atoms with Crippen molar-refractivity contribution in [2.24, 2.45) is 4.99 Å². The molecule has 0 N–H and O–H groups in total. The van der Waals surface area contributed by atoms with Crippen LogP contribution in [-0.4, -0.2) is 5.71 Å². The Morgan fingerprint density at radius 1 is 1.36 bits per heavy atom. The van der Waals surface area contributed by atoms with Crippen LogP contribution < -0.4 is 0 Å². The lowest BCUT2D eigenvalue weighted by Crippen LogP contribution is -1.95. The maximum Gasteiger partial charge on any atom is 0.122 e. The molecular formula is C12H12ClN. The van der Waals surface area contributed by atoms with Gasteiger partial charge in [-0.2, -0.15) is 0 Å². The third-order valence-corrected chi connectivity index (χ3v) is 1.72. The summed E-state index contributed by atoms with van der Waals surface area (Å²) in [6.45, 7) is 5.49. The molecule has 0 spiro atoms. The molecule has 0 bridgehead atoms. The van der Waals surface area contributed by atoms with Gasteiger partial charge in [-0.3, -0.25) is 0 Å². The molecule has 1 rings (SSSR count). The Labute approximate surface area is 89.4 Å². The lowest BCUT2D eigenvalue weighted by Gasteiger charge is -2.00. The average Bonchev–Trinajstić information content (AvgIpc) is 2.18. The van der Waals surface area contributed by atoms with E-state index in [-0.39, 0.29) is 0 Å². The first-order chi connectivity index (χ1) is 6.74. The van der Waals surface area contributed by atoms with E-state index in [0.29, 0.717) is 5.16 Å². The van der Waals surface area contributed by atoms with Gasteiger partial charge in [-0.05, 0) is 13.0 Å². The summed E-state index contributed by atoms with van der Waals surface area (Å²) in [6.07, 6.45) is 3.83. The largest absolute Gasteiger partial charge is 0.237 e. The van der Waals surface area contributed by atoms with Crippen molar-refractivity contribution in [1.82, 2.24) is 0 Å². The van der Waals surface area contributed by atoms with Gasteiger partial charge in [0.2, 0.25) is 0 Å². The Morgan fingerprint density at radius 3 is 2.50 bits per heavy atom. The van der Waals surface area contributed by atoms with E-state index in [1.54, 1.807) is 0 Å². The highest BCUT2D eigenvalue weighted by Crippen LogP contribution is 2.07.